The second-order valence-corrected chi connectivity index (χ2v) is 8.25. The van der Waals surface area contributed by atoms with Crippen LogP contribution in [-0.4, -0.2) is 80.8 Å². The molecule has 2 aliphatic rings. The Morgan fingerprint density at radius 3 is 2.58 bits per heavy atom. The number of rotatable bonds is 6. The number of carbonyl (C=O) groups excluding carboxylic acids is 1. The number of hydrogen-bond acceptors (Lipinski definition) is 5. The van der Waals surface area contributed by atoms with Crippen molar-refractivity contribution < 1.29 is 14.3 Å². The lowest BCUT2D eigenvalue weighted by atomic mass is 10.1. The monoisotopic (exact) mass is 564 g/mol. The van der Waals surface area contributed by atoms with Gasteiger partial charge >= 0.3 is 5.97 Å². The number of benzene rings is 2. The highest BCUT2D eigenvalue weighted by Gasteiger charge is 2.41. The van der Waals surface area contributed by atoms with Crippen molar-refractivity contribution in [2.45, 2.75) is 25.1 Å². The third kappa shape index (κ3) is 6.45. The van der Waals surface area contributed by atoms with Gasteiger partial charge in [0.05, 0.1) is 31.4 Å². The Labute approximate surface area is 213 Å². The van der Waals surface area contributed by atoms with E-state index < -0.39 is 0 Å². The second-order valence-electron chi connectivity index (χ2n) is 8.25. The van der Waals surface area contributed by atoms with Gasteiger partial charge in [0, 0.05) is 39.8 Å². The Kier molecular flexibility index (Phi) is 9.52. The molecule has 0 spiro atoms. The highest BCUT2D eigenvalue weighted by molar-refractivity contribution is 14.0. The third-order valence-corrected chi connectivity index (χ3v) is 6.23. The zero-order valence-corrected chi connectivity index (χ0v) is 21.6. The summed E-state index contributed by atoms with van der Waals surface area (Å²) in [5.74, 6) is 0.600. The molecule has 2 atom stereocenters. The Morgan fingerprint density at radius 1 is 1.12 bits per heavy atom. The molecule has 0 amide bonds. The molecule has 33 heavy (non-hydrogen) atoms. The van der Waals surface area contributed by atoms with Crippen LogP contribution in [0.1, 0.15) is 21.5 Å². The number of aliphatic imine (C=N–C) groups is 1. The normalized spacial score (nSPS) is 20.7. The summed E-state index contributed by atoms with van der Waals surface area (Å²) in [4.78, 5) is 20.9. The summed E-state index contributed by atoms with van der Waals surface area (Å²) in [6.45, 7) is 5.21. The van der Waals surface area contributed by atoms with E-state index in [4.69, 9.17) is 9.47 Å². The number of esters is 1. The summed E-state index contributed by atoms with van der Waals surface area (Å²) < 4.78 is 10.9. The molecule has 2 saturated heterocycles. The first kappa shape index (κ1) is 25.5. The fourth-order valence-electron chi connectivity index (χ4n) is 4.52. The van der Waals surface area contributed by atoms with Gasteiger partial charge in [0.1, 0.15) is 0 Å². The van der Waals surface area contributed by atoms with E-state index in [9.17, 15) is 4.79 Å². The Balaban J connectivity index is 0.00000306. The third-order valence-electron chi connectivity index (χ3n) is 6.23. The summed E-state index contributed by atoms with van der Waals surface area (Å²) in [5.41, 5.74) is 3.07. The van der Waals surface area contributed by atoms with Crippen molar-refractivity contribution in [1.82, 2.24) is 15.1 Å². The average molecular weight is 564 g/mol. The maximum Gasteiger partial charge on any atom is 0.337 e. The summed E-state index contributed by atoms with van der Waals surface area (Å²) in [5, 5.41) is 3.49. The molecule has 1 N–H and O–H groups in total. The van der Waals surface area contributed by atoms with E-state index in [1.807, 2.05) is 19.2 Å². The molecule has 7 nitrogen and oxygen atoms in total. The predicted molar refractivity (Wildman–Crippen MR) is 140 cm³/mol. The van der Waals surface area contributed by atoms with E-state index >= 15 is 0 Å². The maximum absolute atomic E-state index is 11.6. The Morgan fingerprint density at radius 2 is 1.88 bits per heavy atom. The van der Waals surface area contributed by atoms with Crippen molar-refractivity contribution in [2.75, 3.05) is 46.9 Å². The molecule has 0 aromatic heterocycles. The molecule has 178 valence electrons. The topological polar surface area (TPSA) is 66.4 Å². The number of nitrogens with one attached hydrogen (secondary N) is 1. The predicted octanol–water partition coefficient (Wildman–Crippen LogP) is 2.79. The highest BCUT2D eigenvalue weighted by atomic mass is 127. The zero-order chi connectivity index (χ0) is 22.3. The Hall–Kier alpha value is -2.17. The quantitative estimate of drug-likeness (QED) is 0.252. The van der Waals surface area contributed by atoms with Gasteiger partial charge in [-0.2, -0.15) is 0 Å². The number of halogens is 1. The van der Waals surface area contributed by atoms with Crippen LogP contribution in [0, 0.1) is 0 Å². The molecule has 2 unspecified atom stereocenters. The lowest BCUT2D eigenvalue weighted by molar-refractivity contribution is -0.0502. The number of methoxy groups -OCH3 is 1. The zero-order valence-electron chi connectivity index (χ0n) is 19.3. The average Bonchev–Trinajstić information content (AvgIpc) is 3.27. The van der Waals surface area contributed by atoms with E-state index in [1.54, 1.807) is 12.1 Å². The van der Waals surface area contributed by atoms with Crippen molar-refractivity contribution in [3.05, 3.63) is 71.3 Å². The molecule has 0 aliphatic carbocycles. The first-order chi connectivity index (χ1) is 15.7. The molecule has 2 aliphatic heterocycles. The molecule has 4 rings (SSSR count). The van der Waals surface area contributed by atoms with E-state index in [0.29, 0.717) is 11.6 Å². The van der Waals surface area contributed by atoms with E-state index in [1.165, 1.54) is 12.7 Å². The molecular weight excluding hydrogens is 531 g/mol. The Bertz CT molecular complexity index is 923. The van der Waals surface area contributed by atoms with Gasteiger partial charge in [0.25, 0.3) is 0 Å². The first-order valence-corrected chi connectivity index (χ1v) is 11.2. The minimum Gasteiger partial charge on any atom is -0.465 e. The van der Waals surface area contributed by atoms with Crippen LogP contribution >= 0.6 is 24.0 Å². The van der Waals surface area contributed by atoms with Crippen molar-refractivity contribution >= 4 is 35.9 Å². The van der Waals surface area contributed by atoms with E-state index in [-0.39, 0.29) is 36.0 Å². The van der Waals surface area contributed by atoms with Gasteiger partial charge in [-0.25, -0.2) is 4.79 Å². The number of hydrogen-bond donors (Lipinski definition) is 1. The number of fused-ring (bicyclic) bond motifs is 1. The molecule has 0 bridgehead atoms. The molecule has 2 aromatic rings. The standard InChI is InChI=1S/C25H32N4O3.HI/c1-26-25(27-13-12-19-8-10-21(11-9-19)24(30)31-2)29-17-22-23(18-29)32-15-14-28(22)16-20-6-4-3-5-7-20;/h3-11,22-23H,12-18H2,1-2H3,(H,26,27);1H. The second kappa shape index (κ2) is 12.3. The molecule has 2 heterocycles. The van der Waals surface area contributed by atoms with Crippen LogP contribution in [-0.2, 0) is 22.4 Å². The molecule has 2 fully saturated rings. The van der Waals surface area contributed by atoms with Crippen LogP contribution in [0.2, 0.25) is 0 Å². The smallest absolute Gasteiger partial charge is 0.337 e. The van der Waals surface area contributed by atoms with Gasteiger partial charge in [0.2, 0.25) is 0 Å². The molecule has 0 radical (unpaired) electrons. The van der Waals surface area contributed by atoms with Gasteiger partial charge in [-0.1, -0.05) is 42.5 Å². The number of ether oxygens (including phenoxy) is 2. The van der Waals surface area contributed by atoms with Crippen LogP contribution < -0.4 is 5.32 Å². The van der Waals surface area contributed by atoms with Gasteiger partial charge in [-0.15, -0.1) is 24.0 Å². The van der Waals surface area contributed by atoms with E-state index in [0.717, 1.165) is 57.3 Å². The summed E-state index contributed by atoms with van der Waals surface area (Å²) >= 11 is 0. The van der Waals surface area contributed by atoms with Crippen molar-refractivity contribution in [3.8, 4) is 0 Å². The van der Waals surface area contributed by atoms with Gasteiger partial charge in [-0.05, 0) is 29.7 Å². The highest BCUT2D eigenvalue weighted by Crippen LogP contribution is 2.24. The fourth-order valence-corrected chi connectivity index (χ4v) is 4.52. The number of morpholine rings is 1. The SMILES string of the molecule is CN=C(NCCc1ccc(C(=O)OC)cc1)N1CC2OCCN(Cc3ccccc3)C2C1.I. The van der Waals surface area contributed by atoms with Crippen molar-refractivity contribution in [1.29, 1.82) is 0 Å². The van der Waals surface area contributed by atoms with Gasteiger partial charge in [-0.3, -0.25) is 9.89 Å². The molecular formula is C25H33IN4O3. The number of carbonyl (C=O) groups is 1. The number of nitrogens with zero attached hydrogens (tertiary/aromatic N) is 3. The molecule has 8 heteroatoms. The van der Waals surface area contributed by atoms with Crippen molar-refractivity contribution in [3.63, 3.8) is 0 Å². The maximum atomic E-state index is 11.6. The lowest BCUT2D eigenvalue weighted by Gasteiger charge is -2.36. The van der Waals surface area contributed by atoms with Crippen LogP contribution in [0.4, 0.5) is 0 Å². The lowest BCUT2D eigenvalue weighted by Crippen LogP contribution is -2.50. The number of likely N-dealkylation sites (tertiary alicyclic amines) is 1. The van der Waals surface area contributed by atoms with Gasteiger partial charge < -0.3 is 19.7 Å². The number of guanidine groups is 1. The van der Waals surface area contributed by atoms with E-state index in [2.05, 4.69) is 50.4 Å². The fraction of sp³-hybridized carbons (Fsp3) is 0.440. The van der Waals surface area contributed by atoms with Crippen LogP contribution in [0.25, 0.3) is 0 Å². The summed E-state index contributed by atoms with van der Waals surface area (Å²) in [6, 6.07) is 18.6. The molecule has 2 aromatic carbocycles. The summed E-state index contributed by atoms with van der Waals surface area (Å²) in [7, 11) is 3.23. The molecule has 0 saturated carbocycles. The first-order valence-electron chi connectivity index (χ1n) is 11.2. The largest absolute Gasteiger partial charge is 0.465 e. The van der Waals surface area contributed by atoms with Crippen LogP contribution in [0.5, 0.6) is 0 Å². The van der Waals surface area contributed by atoms with Crippen LogP contribution in [0.3, 0.4) is 0 Å². The van der Waals surface area contributed by atoms with Crippen molar-refractivity contribution in [2.24, 2.45) is 4.99 Å². The minimum absolute atomic E-state index is 0. The minimum atomic E-state index is -0.311. The van der Waals surface area contributed by atoms with Crippen LogP contribution in [0.15, 0.2) is 59.6 Å². The summed E-state index contributed by atoms with van der Waals surface area (Å²) in [6.07, 6.45) is 1.05. The van der Waals surface area contributed by atoms with Gasteiger partial charge in [0.15, 0.2) is 5.96 Å².